The lowest BCUT2D eigenvalue weighted by molar-refractivity contribution is 1.08. The highest BCUT2D eigenvalue weighted by atomic mass is 15.2. The molecule has 1 N–H and O–H groups in total. The van der Waals surface area contributed by atoms with Crippen molar-refractivity contribution in [2.75, 3.05) is 0 Å². The Morgan fingerprint density at radius 1 is 1.10 bits per heavy atom. The molecular weight excluding hydrogens is 260 g/mol. The van der Waals surface area contributed by atoms with E-state index in [1.165, 1.54) is 5.56 Å². The highest BCUT2D eigenvalue weighted by Crippen LogP contribution is 2.16. The summed E-state index contributed by atoms with van der Waals surface area (Å²) in [5, 5.41) is 8.21. The maximum Gasteiger partial charge on any atom is 0.247 e. The Kier molecular flexibility index (Phi) is 3.87. The minimum atomic E-state index is 0.528. The van der Waals surface area contributed by atoms with Gasteiger partial charge in [0.25, 0.3) is 0 Å². The van der Waals surface area contributed by atoms with Gasteiger partial charge in [-0.2, -0.15) is 5.11 Å². The van der Waals surface area contributed by atoms with E-state index in [2.05, 4.69) is 32.3 Å². The second-order valence-electron chi connectivity index (χ2n) is 4.93. The van der Waals surface area contributed by atoms with Crippen molar-refractivity contribution in [3.63, 3.8) is 0 Å². The lowest BCUT2D eigenvalue weighted by atomic mass is 10.1. The third-order valence-electron chi connectivity index (χ3n) is 3.13. The normalized spacial score (nSPS) is 12.3. The number of hydrogen-bond donors (Lipinski definition) is 1. The molecule has 3 rings (SSSR count). The summed E-state index contributed by atoms with van der Waals surface area (Å²) < 4.78 is 0. The third-order valence-corrected chi connectivity index (χ3v) is 3.13. The molecule has 0 radical (unpaired) electrons. The Labute approximate surface area is 123 Å². The molecule has 0 aliphatic heterocycles. The van der Waals surface area contributed by atoms with Gasteiger partial charge in [-0.3, -0.25) is 0 Å². The molecule has 0 unspecified atom stereocenters. The monoisotopic (exact) mass is 276 g/mol. The number of azo groups is 1. The van der Waals surface area contributed by atoms with Crippen molar-refractivity contribution >= 4 is 17.0 Å². The lowest BCUT2D eigenvalue weighted by Crippen LogP contribution is -1.84. The van der Waals surface area contributed by atoms with E-state index < -0.39 is 0 Å². The summed E-state index contributed by atoms with van der Waals surface area (Å²) in [6.07, 6.45) is 2.65. The number of para-hydroxylation sites is 2. The van der Waals surface area contributed by atoms with Gasteiger partial charge in [0.2, 0.25) is 5.95 Å². The summed E-state index contributed by atoms with van der Waals surface area (Å²) in [7, 11) is 0. The first-order chi connectivity index (χ1) is 10.3. The lowest BCUT2D eigenvalue weighted by Gasteiger charge is -1.98. The number of nitrogens with one attached hydrogen (secondary N) is 1. The molecule has 0 aliphatic carbocycles. The largest absolute Gasteiger partial charge is 0.321 e. The number of H-pyrrole nitrogens is 1. The van der Waals surface area contributed by atoms with Crippen molar-refractivity contribution in [3.05, 3.63) is 71.9 Å². The molecule has 0 amide bonds. The van der Waals surface area contributed by atoms with Crippen LogP contribution in [-0.2, 0) is 6.42 Å². The van der Waals surface area contributed by atoms with E-state index in [0.29, 0.717) is 5.95 Å². The number of benzene rings is 2. The zero-order valence-corrected chi connectivity index (χ0v) is 11.8. The molecule has 2 aromatic carbocycles. The standard InChI is InChI=1S/C17H16N4/c1-13(11-14-7-3-2-4-8-14)12-18-21-17-19-15-9-5-6-10-16(15)20-17/h2-10,12H,11H2,1H3,(H,19,20)/b13-12+,21-18?. The van der Waals surface area contributed by atoms with Crippen molar-refractivity contribution in [2.24, 2.45) is 10.2 Å². The van der Waals surface area contributed by atoms with Crippen LogP contribution < -0.4 is 0 Å². The maximum atomic E-state index is 4.35. The Bertz CT molecular complexity index is 752. The number of hydrogen-bond acceptors (Lipinski definition) is 3. The first-order valence-corrected chi connectivity index (χ1v) is 6.86. The number of aromatic amines is 1. The second-order valence-corrected chi connectivity index (χ2v) is 4.93. The van der Waals surface area contributed by atoms with Gasteiger partial charge in [0.1, 0.15) is 0 Å². The van der Waals surface area contributed by atoms with Gasteiger partial charge < -0.3 is 4.98 Å². The average Bonchev–Trinajstić information content (AvgIpc) is 2.91. The summed E-state index contributed by atoms with van der Waals surface area (Å²) in [6.45, 7) is 2.05. The van der Waals surface area contributed by atoms with Crippen LogP contribution in [0.1, 0.15) is 12.5 Å². The van der Waals surface area contributed by atoms with E-state index in [1.807, 2.05) is 49.4 Å². The third kappa shape index (κ3) is 3.42. The van der Waals surface area contributed by atoms with Gasteiger partial charge >= 0.3 is 0 Å². The Morgan fingerprint density at radius 2 is 1.86 bits per heavy atom. The van der Waals surface area contributed by atoms with Crippen LogP contribution >= 0.6 is 0 Å². The maximum absolute atomic E-state index is 4.35. The molecule has 0 bridgehead atoms. The molecule has 0 saturated heterocycles. The van der Waals surface area contributed by atoms with Crippen molar-refractivity contribution in [2.45, 2.75) is 13.3 Å². The van der Waals surface area contributed by atoms with Crippen molar-refractivity contribution in [1.29, 1.82) is 0 Å². The number of imidazole rings is 1. The summed E-state index contributed by atoms with van der Waals surface area (Å²) in [6, 6.07) is 18.1. The molecule has 4 heteroatoms. The van der Waals surface area contributed by atoms with Crippen LogP contribution in [0.15, 0.2) is 76.6 Å². The Balaban J connectivity index is 1.69. The van der Waals surface area contributed by atoms with Gasteiger partial charge in [0.05, 0.1) is 11.0 Å². The van der Waals surface area contributed by atoms with E-state index in [1.54, 1.807) is 6.20 Å². The van der Waals surface area contributed by atoms with Crippen LogP contribution in [0.2, 0.25) is 0 Å². The molecule has 0 atom stereocenters. The number of fused-ring (bicyclic) bond motifs is 1. The molecule has 104 valence electrons. The van der Waals surface area contributed by atoms with Crippen LogP contribution in [0.5, 0.6) is 0 Å². The molecule has 0 spiro atoms. The average molecular weight is 276 g/mol. The van der Waals surface area contributed by atoms with Crippen molar-refractivity contribution in [3.8, 4) is 0 Å². The number of rotatable bonds is 4. The van der Waals surface area contributed by atoms with Gasteiger partial charge in [0.15, 0.2) is 0 Å². The molecule has 0 fully saturated rings. The predicted octanol–water partition coefficient (Wildman–Crippen LogP) is 4.79. The summed E-state index contributed by atoms with van der Waals surface area (Å²) in [5.41, 5.74) is 4.29. The van der Waals surface area contributed by atoms with Crippen LogP contribution in [0, 0.1) is 0 Å². The van der Waals surface area contributed by atoms with Crippen LogP contribution in [-0.4, -0.2) is 9.97 Å². The van der Waals surface area contributed by atoms with Crippen molar-refractivity contribution < 1.29 is 0 Å². The Hall–Kier alpha value is -2.75. The van der Waals surface area contributed by atoms with E-state index in [4.69, 9.17) is 0 Å². The quantitative estimate of drug-likeness (QED) is 0.684. The van der Waals surface area contributed by atoms with Crippen LogP contribution in [0.25, 0.3) is 11.0 Å². The van der Waals surface area contributed by atoms with E-state index in [9.17, 15) is 0 Å². The highest BCUT2D eigenvalue weighted by Gasteiger charge is 1.99. The summed E-state index contributed by atoms with van der Waals surface area (Å²) in [5.74, 6) is 0.528. The number of allylic oxidation sites excluding steroid dienone is 1. The predicted molar refractivity (Wildman–Crippen MR) is 84.5 cm³/mol. The van der Waals surface area contributed by atoms with E-state index >= 15 is 0 Å². The highest BCUT2D eigenvalue weighted by molar-refractivity contribution is 5.76. The first kappa shape index (κ1) is 13.2. The van der Waals surface area contributed by atoms with Gasteiger partial charge in [-0.1, -0.05) is 42.5 Å². The fourth-order valence-corrected chi connectivity index (χ4v) is 2.13. The molecule has 1 heterocycles. The molecule has 0 aliphatic rings. The van der Waals surface area contributed by atoms with Gasteiger partial charge in [0, 0.05) is 6.20 Å². The van der Waals surface area contributed by atoms with Gasteiger partial charge in [-0.15, -0.1) is 5.11 Å². The zero-order chi connectivity index (χ0) is 14.5. The van der Waals surface area contributed by atoms with Crippen molar-refractivity contribution in [1.82, 2.24) is 9.97 Å². The second kappa shape index (κ2) is 6.13. The molecule has 21 heavy (non-hydrogen) atoms. The van der Waals surface area contributed by atoms with Gasteiger partial charge in [-0.25, -0.2) is 4.98 Å². The van der Waals surface area contributed by atoms with Crippen LogP contribution in [0.4, 0.5) is 5.95 Å². The Morgan fingerprint density at radius 3 is 2.67 bits per heavy atom. The van der Waals surface area contributed by atoms with E-state index in [-0.39, 0.29) is 0 Å². The number of nitrogens with zero attached hydrogens (tertiary/aromatic N) is 3. The molecule has 4 nitrogen and oxygen atoms in total. The molecule has 3 aromatic rings. The SMILES string of the molecule is C/C(=C\N=Nc1nc2ccccc2[nH]1)Cc1ccccc1. The van der Waals surface area contributed by atoms with Crippen LogP contribution in [0.3, 0.4) is 0 Å². The molecule has 1 aromatic heterocycles. The van der Waals surface area contributed by atoms with Gasteiger partial charge in [-0.05, 0) is 36.6 Å². The smallest absolute Gasteiger partial charge is 0.247 e. The molecular formula is C17H16N4. The fraction of sp³-hybridized carbons (Fsp3) is 0.118. The minimum Gasteiger partial charge on any atom is -0.321 e. The molecule has 0 saturated carbocycles. The first-order valence-electron chi connectivity index (χ1n) is 6.86. The minimum absolute atomic E-state index is 0.528. The zero-order valence-electron chi connectivity index (χ0n) is 11.8. The van der Waals surface area contributed by atoms with E-state index in [0.717, 1.165) is 23.0 Å². The number of aromatic nitrogens is 2. The summed E-state index contributed by atoms with van der Waals surface area (Å²) in [4.78, 5) is 7.47. The summed E-state index contributed by atoms with van der Waals surface area (Å²) >= 11 is 0. The fourth-order valence-electron chi connectivity index (χ4n) is 2.13. The topological polar surface area (TPSA) is 53.4 Å².